The molecule has 0 bridgehead atoms. The zero-order valence-electron chi connectivity index (χ0n) is 11.9. The lowest BCUT2D eigenvalue weighted by Crippen LogP contribution is -2.42. The zero-order chi connectivity index (χ0) is 14.9. The van der Waals surface area contributed by atoms with Crippen LogP contribution in [0.1, 0.15) is 38.5 Å². The SMILES string of the molecule is OB(O)c1cc(F)cc(OC2CCOC3(CCCC3)C2)c1. The van der Waals surface area contributed by atoms with E-state index in [-0.39, 0.29) is 17.2 Å². The van der Waals surface area contributed by atoms with Gasteiger partial charge in [0.25, 0.3) is 0 Å². The summed E-state index contributed by atoms with van der Waals surface area (Å²) in [5, 5.41) is 18.3. The van der Waals surface area contributed by atoms with Crippen LogP contribution in [0.3, 0.4) is 0 Å². The van der Waals surface area contributed by atoms with Gasteiger partial charge in [0.2, 0.25) is 0 Å². The van der Waals surface area contributed by atoms with Gasteiger partial charge in [0.1, 0.15) is 17.7 Å². The van der Waals surface area contributed by atoms with Crippen molar-refractivity contribution in [2.24, 2.45) is 0 Å². The van der Waals surface area contributed by atoms with Crippen LogP contribution in [0, 0.1) is 5.82 Å². The minimum absolute atomic E-state index is 0.0117. The van der Waals surface area contributed by atoms with Gasteiger partial charge in [0, 0.05) is 18.9 Å². The van der Waals surface area contributed by atoms with Crippen LogP contribution in [0.15, 0.2) is 18.2 Å². The maximum Gasteiger partial charge on any atom is 0.488 e. The van der Waals surface area contributed by atoms with Crippen molar-refractivity contribution in [2.75, 3.05) is 6.61 Å². The van der Waals surface area contributed by atoms with E-state index in [0.29, 0.717) is 12.4 Å². The smallest absolute Gasteiger partial charge is 0.488 e. The molecule has 1 aromatic rings. The molecule has 1 aliphatic heterocycles. The molecule has 1 atom stereocenters. The molecule has 6 heteroatoms. The molecule has 1 spiro atoms. The van der Waals surface area contributed by atoms with Gasteiger partial charge in [0.15, 0.2) is 0 Å². The predicted molar refractivity (Wildman–Crippen MR) is 77.0 cm³/mol. The number of benzene rings is 1. The first kappa shape index (κ1) is 14.8. The first-order valence-electron chi connectivity index (χ1n) is 7.54. The quantitative estimate of drug-likeness (QED) is 0.827. The van der Waals surface area contributed by atoms with E-state index in [1.54, 1.807) is 0 Å². The van der Waals surface area contributed by atoms with Crippen LogP contribution in [0.2, 0.25) is 0 Å². The van der Waals surface area contributed by atoms with Crippen molar-refractivity contribution in [3.8, 4) is 5.75 Å². The first-order valence-corrected chi connectivity index (χ1v) is 7.54. The van der Waals surface area contributed by atoms with E-state index >= 15 is 0 Å². The molecule has 21 heavy (non-hydrogen) atoms. The standard InChI is InChI=1S/C15H20BFO4/c17-12-7-11(16(18)19)8-14(9-12)21-13-3-6-20-15(10-13)4-1-2-5-15/h7-9,13,18-19H,1-6,10H2. The second kappa shape index (κ2) is 5.95. The van der Waals surface area contributed by atoms with Crippen LogP contribution in [-0.4, -0.2) is 35.5 Å². The lowest BCUT2D eigenvalue weighted by molar-refractivity contribution is -0.108. The summed E-state index contributed by atoms with van der Waals surface area (Å²) >= 11 is 0. The van der Waals surface area contributed by atoms with Gasteiger partial charge in [-0.15, -0.1) is 0 Å². The van der Waals surface area contributed by atoms with Crippen molar-refractivity contribution >= 4 is 12.6 Å². The van der Waals surface area contributed by atoms with E-state index < -0.39 is 12.9 Å². The molecule has 2 aliphatic rings. The summed E-state index contributed by atoms with van der Waals surface area (Å²) in [6.45, 7) is 0.662. The van der Waals surface area contributed by atoms with Crippen molar-refractivity contribution in [1.29, 1.82) is 0 Å². The number of hydrogen-bond acceptors (Lipinski definition) is 4. The lowest BCUT2D eigenvalue weighted by atomic mass is 9.80. The van der Waals surface area contributed by atoms with Gasteiger partial charge in [-0.25, -0.2) is 4.39 Å². The molecule has 4 nitrogen and oxygen atoms in total. The monoisotopic (exact) mass is 294 g/mol. The highest BCUT2D eigenvalue weighted by Crippen LogP contribution is 2.40. The van der Waals surface area contributed by atoms with E-state index in [2.05, 4.69) is 0 Å². The van der Waals surface area contributed by atoms with Crippen molar-refractivity contribution in [2.45, 2.75) is 50.2 Å². The average molecular weight is 294 g/mol. The highest BCUT2D eigenvalue weighted by Gasteiger charge is 2.40. The van der Waals surface area contributed by atoms with Crippen LogP contribution in [0.4, 0.5) is 4.39 Å². The summed E-state index contributed by atoms with van der Waals surface area (Å²) in [7, 11) is -1.70. The second-order valence-electron chi connectivity index (χ2n) is 6.07. The molecule has 2 N–H and O–H groups in total. The average Bonchev–Trinajstić information content (AvgIpc) is 2.86. The van der Waals surface area contributed by atoms with Gasteiger partial charge in [-0.2, -0.15) is 0 Å². The molecule has 1 saturated carbocycles. The molecular weight excluding hydrogens is 274 g/mol. The third-order valence-corrected chi connectivity index (χ3v) is 4.46. The second-order valence-corrected chi connectivity index (χ2v) is 6.07. The summed E-state index contributed by atoms with van der Waals surface area (Å²) in [5.74, 6) is -0.184. The van der Waals surface area contributed by atoms with Gasteiger partial charge in [-0.3, -0.25) is 0 Å². The van der Waals surface area contributed by atoms with Gasteiger partial charge in [-0.1, -0.05) is 12.8 Å². The molecule has 114 valence electrons. The molecule has 0 radical (unpaired) electrons. The molecule has 3 rings (SSSR count). The van der Waals surface area contributed by atoms with Crippen LogP contribution in [0.5, 0.6) is 5.75 Å². The molecule has 1 unspecified atom stereocenters. The minimum atomic E-state index is -1.70. The topological polar surface area (TPSA) is 58.9 Å². The van der Waals surface area contributed by atoms with Crippen LogP contribution in [0.25, 0.3) is 0 Å². The van der Waals surface area contributed by atoms with Crippen molar-refractivity contribution in [3.05, 3.63) is 24.0 Å². The Balaban J connectivity index is 1.71. The van der Waals surface area contributed by atoms with E-state index in [1.165, 1.54) is 25.0 Å². The lowest BCUT2D eigenvalue weighted by Gasteiger charge is -2.38. The minimum Gasteiger partial charge on any atom is -0.490 e. The van der Waals surface area contributed by atoms with Crippen LogP contribution in [-0.2, 0) is 4.74 Å². The van der Waals surface area contributed by atoms with Crippen molar-refractivity contribution < 1.29 is 23.9 Å². The zero-order valence-corrected chi connectivity index (χ0v) is 11.9. The third kappa shape index (κ3) is 3.39. The molecule has 0 aromatic heterocycles. The molecule has 1 saturated heterocycles. The highest BCUT2D eigenvalue weighted by atomic mass is 19.1. The van der Waals surface area contributed by atoms with Crippen molar-refractivity contribution in [1.82, 2.24) is 0 Å². The van der Waals surface area contributed by atoms with Crippen LogP contribution >= 0.6 is 0 Å². The summed E-state index contributed by atoms with van der Waals surface area (Å²) in [6, 6.07) is 3.85. The largest absolute Gasteiger partial charge is 0.490 e. The Kier molecular flexibility index (Phi) is 4.20. The van der Waals surface area contributed by atoms with E-state index in [4.69, 9.17) is 19.5 Å². The third-order valence-electron chi connectivity index (χ3n) is 4.46. The summed E-state index contributed by atoms with van der Waals surface area (Å²) in [4.78, 5) is 0. The van der Waals surface area contributed by atoms with Crippen LogP contribution < -0.4 is 10.2 Å². The fourth-order valence-electron chi connectivity index (χ4n) is 3.45. The summed E-state index contributed by atoms with van der Waals surface area (Å²) in [5.41, 5.74) is 0.0443. The Hall–Kier alpha value is -1.11. The van der Waals surface area contributed by atoms with E-state index in [1.807, 2.05) is 0 Å². The maximum absolute atomic E-state index is 13.5. The fraction of sp³-hybridized carbons (Fsp3) is 0.600. The maximum atomic E-state index is 13.5. The number of halogens is 1. The molecule has 0 amide bonds. The van der Waals surface area contributed by atoms with E-state index in [9.17, 15) is 4.39 Å². The van der Waals surface area contributed by atoms with E-state index in [0.717, 1.165) is 31.7 Å². The first-order chi connectivity index (χ1) is 10.1. The summed E-state index contributed by atoms with van der Waals surface area (Å²) in [6.07, 6.45) is 6.09. The molecule has 2 fully saturated rings. The van der Waals surface area contributed by atoms with Gasteiger partial charge >= 0.3 is 7.12 Å². The fourth-order valence-corrected chi connectivity index (χ4v) is 3.45. The molecule has 1 aromatic carbocycles. The predicted octanol–water partition coefficient (Wildman–Crippen LogP) is 1.38. The highest BCUT2D eigenvalue weighted by molar-refractivity contribution is 6.58. The Labute approximate surface area is 124 Å². The van der Waals surface area contributed by atoms with Gasteiger partial charge in [0.05, 0.1) is 12.2 Å². The number of hydrogen-bond donors (Lipinski definition) is 2. The summed E-state index contributed by atoms with van der Waals surface area (Å²) < 4.78 is 25.3. The molecular formula is C15H20BFO4. The van der Waals surface area contributed by atoms with Gasteiger partial charge in [-0.05, 0) is 30.4 Å². The number of ether oxygens (including phenoxy) is 2. The normalized spacial score (nSPS) is 24.2. The van der Waals surface area contributed by atoms with Crippen molar-refractivity contribution in [3.63, 3.8) is 0 Å². The Bertz CT molecular complexity index is 502. The van der Waals surface area contributed by atoms with Gasteiger partial charge < -0.3 is 19.5 Å². The number of rotatable bonds is 3. The molecule has 1 aliphatic carbocycles. The Morgan fingerprint density at radius 2 is 2.00 bits per heavy atom. The molecule has 1 heterocycles. The Morgan fingerprint density at radius 1 is 1.24 bits per heavy atom. The Morgan fingerprint density at radius 3 is 2.71 bits per heavy atom.